The lowest BCUT2D eigenvalue weighted by Gasteiger charge is -2.03. The predicted molar refractivity (Wildman–Crippen MR) is 54.6 cm³/mol. The monoisotopic (exact) mass is 254 g/mol. The fourth-order valence-corrected chi connectivity index (χ4v) is 1.50. The minimum atomic E-state index is -2.62. The molecule has 0 aliphatic carbocycles. The van der Waals surface area contributed by atoms with Crippen LogP contribution in [0.15, 0.2) is 0 Å². The molecule has 0 bridgehead atoms. The van der Waals surface area contributed by atoms with Gasteiger partial charge in [-0.2, -0.15) is 0 Å². The first kappa shape index (κ1) is 15.1. The number of carboxylic acids is 2. The van der Waals surface area contributed by atoms with Crippen molar-refractivity contribution in [3.63, 3.8) is 0 Å². The average molecular weight is 254 g/mol. The van der Waals surface area contributed by atoms with E-state index in [-0.39, 0.29) is 38.9 Å². The number of aliphatic carboxylic acids is 2. The second-order valence-electron chi connectivity index (χ2n) is 2.94. The first-order valence-corrected chi connectivity index (χ1v) is 5.98. The Morgan fingerprint density at radius 3 is 1.62 bits per heavy atom. The van der Waals surface area contributed by atoms with Crippen LogP contribution in [0.4, 0.5) is 0 Å². The number of carboxylic acid groups (broad SMARTS) is 2. The lowest BCUT2D eigenvalue weighted by molar-refractivity contribution is -0.138. The van der Waals surface area contributed by atoms with E-state index in [4.69, 9.17) is 19.3 Å². The number of rotatable bonds is 10. The van der Waals surface area contributed by atoms with E-state index in [0.29, 0.717) is 0 Å². The highest BCUT2D eigenvalue weighted by Crippen LogP contribution is 2.24. The molecule has 8 heteroatoms. The van der Waals surface area contributed by atoms with Crippen molar-refractivity contribution in [2.45, 2.75) is 25.7 Å². The topological polar surface area (TPSA) is 110 Å². The molecule has 0 spiro atoms. The van der Waals surface area contributed by atoms with Gasteiger partial charge >= 0.3 is 20.2 Å². The molecule has 0 aliphatic heterocycles. The summed E-state index contributed by atoms with van der Waals surface area (Å²) in [5, 5.41) is 16.6. The van der Waals surface area contributed by atoms with Gasteiger partial charge in [0.1, 0.15) is 0 Å². The normalized spacial score (nSPS) is 10.6. The van der Waals surface area contributed by atoms with Gasteiger partial charge in [0.05, 0.1) is 13.2 Å². The quantitative estimate of drug-likeness (QED) is 0.444. The molecule has 0 radical (unpaired) electrons. The highest BCUT2D eigenvalue weighted by Gasteiger charge is 2.02. The largest absolute Gasteiger partial charge is 0.481 e. The Morgan fingerprint density at radius 1 is 0.938 bits per heavy atom. The predicted octanol–water partition coefficient (Wildman–Crippen LogP) is 1.14. The number of carbonyl (C=O) groups is 2. The third-order valence-electron chi connectivity index (χ3n) is 1.51. The molecule has 0 fully saturated rings. The summed E-state index contributed by atoms with van der Waals surface area (Å²) in [5.41, 5.74) is 0. The maximum Gasteiger partial charge on any atom is 0.319 e. The van der Waals surface area contributed by atoms with Crippen molar-refractivity contribution in [1.29, 1.82) is 0 Å². The summed E-state index contributed by atoms with van der Waals surface area (Å²) in [6.07, 6.45) is 0.441. The van der Waals surface area contributed by atoms with Crippen molar-refractivity contribution in [3.05, 3.63) is 0 Å². The molecule has 2 N–H and O–H groups in total. The molecule has 0 aromatic rings. The molecule has 0 aromatic heterocycles. The average Bonchev–Trinajstić information content (AvgIpc) is 2.19. The first-order valence-electron chi connectivity index (χ1n) is 4.75. The summed E-state index contributed by atoms with van der Waals surface area (Å²) in [6.45, 7) is 0.117. The summed E-state index contributed by atoms with van der Waals surface area (Å²) >= 11 is 0. The van der Waals surface area contributed by atoms with Gasteiger partial charge in [0.2, 0.25) is 0 Å². The van der Waals surface area contributed by atoms with E-state index in [9.17, 15) is 14.2 Å². The van der Waals surface area contributed by atoms with Crippen LogP contribution < -0.4 is 0 Å². The van der Waals surface area contributed by atoms with Crippen molar-refractivity contribution in [2.75, 3.05) is 13.2 Å². The maximum atomic E-state index is 11.0. The van der Waals surface area contributed by atoms with Gasteiger partial charge in [-0.25, -0.2) is 0 Å². The zero-order valence-corrected chi connectivity index (χ0v) is 9.68. The second-order valence-corrected chi connectivity index (χ2v) is 4.02. The van der Waals surface area contributed by atoms with Crippen molar-refractivity contribution >= 4 is 20.2 Å². The molecule has 0 rings (SSSR count). The van der Waals surface area contributed by atoms with E-state index < -0.39 is 20.2 Å². The minimum Gasteiger partial charge on any atom is -0.481 e. The van der Waals surface area contributed by atoms with Crippen LogP contribution in [0.1, 0.15) is 25.7 Å². The Morgan fingerprint density at radius 2 is 1.31 bits per heavy atom. The lowest BCUT2D eigenvalue weighted by Crippen LogP contribution is -1.99. The lowest BCUT2D eigenvalue weighted by atomic mass is 10.3. The SMILES string of the molecule is O=C(O)CCCO[PH](=O)OCCCC(=O)O. The van der Waals surface area contributed by atoms with Gasteiger partial charge < -0.3 is 19.3 Å². The maximum absolute atomic E-state index is 11.0. The molecular weight excluding hydrogens is 239 g/mol. The van der Waals surface area contributed by atoms with E-state index in [1.165, 1.54) is 0 Å². The Hall–Kier alpha value is -0.910. The summed E-state index contributed by atoms with van der Waals surface area (Å²) < 4.78 is 20.4. The van der Waals surface area contributed by atoms with Crippen molar-refractivity contribution < 1.29 is 33.4 Å². The molecule has 94 valence electrons. The second kappa shape index (κ2) is 9.33. The van der Waals surface area contributed by atoms with E-state index in [1.807, 2.05) is 0 Å². The van der Waals surface area contributed by atoms with Gasteiger partial charge in [0.15, 0.2) is 0 Å². The van der Waals surface area contributed by atoms with E-state index >= 15 is 0 Å². The molecule has 0 amide bonds. The zero-order chi connectivity index (χ0) is 12.4. The highest BCUT2D eigenvalue weighted by molar-refractivity contribution is 7.33. The van der Waals surface area contributed by atoms with Gasteiger partial charge in [0.25, 0.3) is 0 Å². The molecule has 0 unspecified atom stereocenters. The van der Waals surface area contributed by atoms with Gasteiger partial charge in [-0.3, -0.25) is 14.2 Å². The van der Waals surface area contributed by atoms with Crippen LogP contribution in [0, 0.1) is 0 Å². The molecule has 7 nitrogen and oxygen atoms in total. The molecule has 0 atom stereocenters. The summed E-state index contributed by atoms with van der Waals surface area (Å²) in [4.78, 5) is 20.2. The molecule has 0 saturated heterocycles. The summed E-state index contributed by atoms with van der Waals surface area (Å²) in [6, 6.07) is 0. The van der Waals surface area contributed by atoms with E-state index in [2.05, 4.69) is 0 Å². The zero-order valence-electron chi connectivity index (χ0n) is 8.68. The Kier molecular flexibility index (Phi) is 8.80. The van der Waals surface area contributed by atoms with Gasteiger partial charge in [0, 0.05) is 12.8 Å². The van der Waals surface area contributed by atoms with Crippen LogP contribution in [0.25, 0.3) is 0 Å². The highest BCUT2D eigenvalue weighted by atomic mass is 31.1. The van der Waals surface area contributed by atoms with E-state index in [0.717, 1.165) is 0 Å². The fourth-order valence-electron chi connectivity index (χ4n) is 0.799. The van der Waals surface area contributed by atoms with Gasteiger partial charge in [-0.15, -0.1) is 0 Å². The fraction of sp³-hybridized carbons (Fsp3) is 0.750. The number of hydrogen-bond donors (Lipinski definition) is 2. The standard InChI is InChI=1S/C8H15O7P/c9-7(10)3-1-5-14-16(13)15-6-2-4-8(11)12/h16H,1-6H2,(H,9,10)(H,11,12). The third kappa shape index (κ3) is 11.2. The number of hydrogen-bond acceptors (Lipinski definition) is 5. The molecule has 0 aromatic carbocycles. The van der Waals surface area contributed by atoms with Gasteiger partial charge in [-0.1, -0.05) is 0 Å². The van der Waals surface area contributed by atoms with Crippen LogP contribution in [-0.2, 0) is 23.2 Å². The molecular formula is C8H15O7P. The Bertz CT molecular complexity index is 229. The molecule has 0 saturated carbocycles. The smallest absolute Gasteiger partial charge is 0.319 e. The third-order valence-corrected chi connectivity index (χ3v) is 2.39. The van der Waals surface area contributed by atoms with Crippen LogP contribution in [0.3, 0.4) is 0 Å². The summed E-state index contributed by atoms with van der Waals surface area (Å²) in [7, 11) is -2.62. The first-order chi connectivity index (χ1) is 7.52. The van der Waals surface area contributed by atoms with Crippen molar-refractivity contribution in [3.8, 4) is 0 Å². The Labute approximate surface area is 93.3 Å². The van der Waals surface area contributed by atoms with Crippen molar-refractivity contribution in [1.82, 2.24) is 0 Å². The molecule has 16 heavy (non-hydrogen) atoms. The summed E-state index contributed by atoms with van der Waals surface area (Å²) in [5.74, 6) is -1.88. The molecule has 0 aliphatic rings. The van der Waals surface area contributed by atoms with Crippen molar-refractivity contribution in [2.24, 2.45) is 0 Å². The van der Waals surface area contributed by atoms with Crippen LogP contribution in [-0.4, -0.2) is 35.4 Å². The van der Waals surface area contributed by atoms with Crippen LogP contribution >= 0.6 is 8.25 Å². The minimum absolute atomic E-state index is 0.0475. The van der Waals surface area contributed by atoms with E-state index in [1.54, 1.807) is 0 Å². The Balaban J connectivity index is 3.31. The van der Waals surface area contributed by atoms with Crippen LogP contribution in [0.2, 0.25) is 0 Å². The van der Waals surface area contributed by atoms with Gasteiger partial charge in [-0.05, 0) is 12.8 Å². The van der Waals surface area contributed by atoms with Crippen LogP contribution in [0.5, 0.6) is 0 Å². The molecule has 0 heterocycles.